The van der Waals surface area contributed by atoms with Gasteiger partial charge in [0.25, 0.3) is 0 Å². The van der Waals surface area contributed by atoms with Crippen LogP contribution in [0.15, 0.2) is 49.1 Å². The maximum absolute atomic E-state index is 13.2. The van der Waals surface area contributed by atoms with Crippen LogP contribution in [0.3, 0.4) is 0 Å². The summed E-state index contributed by atoms with van der Waals surface area (Å²) in [6.07, 6.45) is 6.23. The zero-order valence-corrected chi connectivity index (χ0v) is 13.0. The average Bonchev–Trinajstić information content (AvgIpc) is 3.21. The van der Waals surface area contributed by atoms with Crippen molar-refractivity contribution in [1.82, 2.24) is 24.7 Å². The monoisotopic (exact) mass is 323 g/mol. The van der Waals surface area contributed by atoms with Gasteiger partial charge in [0.15, 0.2) is 0 Å². The molecule has 0 aliphatic carbocycles. The van der Waals surface area contributed by atoms with Crippen molar-refractivity contribution in [3.05, 3.63) is 54.9 Å². The summed E-state index contributed by atoms with van der Waals surface area (Å²) in [7, 11) is 17.3. The molecule has 0 saturated heterocycles. The van der Waals surface area contributed by atoms with Gasteiger partial charge in [0, 0.05) is 29.5 Å². The molecule has 0 atom stereocenters. The van der Waals surface area contributed by atoms with Crippen LogP contribution in [0.4, 0.5) is 4.39 Å². The molecule has 0 fully saturated rings. The van der Waals surface area contributed by atoms with Gasteiger partial charge in [-0.05, 0) is 35.1 Å². The van der Waals surface area contributed by atoms with Crippen molar-refractivity contribution in [3.63, 3.8) is 0 Å². The minimum absolute atomic E-state index is 0.438. The molecule has 0 saturated carbocycles. The number of rotatable bonds is 3. The van der Waals surface area contributed by atoms with Gasteiger partial charge in [0.05, 0.1) is 35.4 Å². The molecule has 6 radical (unpaired) electrons. The van der Waals surface area contributed by atoms with Crippen molar-refractivity contribution in [2.24, 2.45) is 0 Å². The molecule has 4 rings (SSSR count). The fourth-order valence-corrected chi connectivity index (χ4v) is 2.67. The molecule has 0 aliphatic rings. The topological polar surface area (TPSA) is 59.4 Å². The van der Waals surface area contributed by atoms with Crippen LogP contribution in [0.25, 0.3) is 33.5 Å². The second-order valence-corrected chi connectivity index (χ2v) is 5.68. The summed E-state index contributed by atoms with van der Waals surface area (Å²) in [6.45, 7) is 0. The summed E-state index contributed by atoms with van der Waals surface area (Å²) in [4.78, 5) is 11.4. The van der Waals surface area contributed by atoms with E-state index in [4.69, 9.17) is 23.5 Å². The third-order valence-corrected chi connectivity index (χ3v) is 3.83. The Labute approximate surface area is 146 Å². The van der Waals surface area contributed by atoms with Gasteiger partial charge in [-0.25, -0.2) is 9.37 Å². The Morgan fingerprint density at radius 1 is 1.04 bits per heavy atom. The third-order valence-electron chi connectivity index (χ3n) is 3.83. The average molecular weight is 323 g/mol. The largest absolute Gasteiger partial charge is 0.346 e. The number of aromatic amines is 1. The van der Waals surface area contributed by atoms with E-state index in [0.29, 0.717) is 17.0 Å². The molecule has 0 aromatic carbocycles. The van der Waals surface area contributed by atoms with Gasteiger partial charge in [-0.15, -0.1) is 0 Å². The summed E-state index contributed by atoms with van der Waals surface area (Å²) in [5, 5.41) is 3.58. The molecule has 0 unspecified atom stereocenters. The molecular weight excluding hydrogens is 314 g/mol. The first kappa shape index (κ1) is 15.7. The van der Waals surface area contributed by atoms with Gasteiger partial charge in [0.2, 0.25) is 0 Å². The molecule has 9 heteroatoms. The van der Waals surface area contributed by atoms with Gasteiger partial charge >= 0.3 is 0 Å². The molecule has 0 spiro atoms. The van der Waals surface area contributed by atoms with E-state index in [9.17, 15) is 4.39 Å². The van der Waals surface area contributed by atoms with E-state index in [1.165, 1.54) is 16.8 Å². The van der Waals surface area contributed by atoms with Crippen molar-refractivity contribution < 1.29 is 4.39 Å². The SMILES string of the molecule is [B]C([B])([B])n1cc(-c2ccnc3[nH]ccc23)c(-c2ccc(F)cn2)n1. The van der Waals surface area contributed by atoms with Crippen molar-refractivity contribution in [3.8, 4) is 22.5 Å². The number of nitrogens with zero attached hydrogens (tertiary/aromatic N) is 4. The maximum Gasteiger partial charge on any atom is 0.141 e. The number of hydrogen-bond acceptors (Lipinski definition) is 3. The van der Waals surface area contributed by atoms with E-state index in [0.717, 1.165) is 22.8 Å². The van der Waals surface area contributed by atoms with Crippen LogP contribution in [0.1, 0.15) is 0 Å². The number of halogens is 1. The fourth-order valence-electron chi connectivity index (χ4n) is 2.67. The van der Waals surface area contributed by atoms with Gasteiger partial charge in [-0.3, -0.25) is 9.67 Å². The summed E-state index contributed by atoms with van der Waals surface area (Å²) in [5.41, 5.74) is 3.24. The van der Waals surface area contributed by atoms with Crippen LogP contribution in [0, 0.1) is 5.82 Å². The second-order valence-electron chi connectivity index (χ2n) is 5.68. The molecule has 4 aromatic rings. The summed E-state index contributed by atoms with van der Waals surface area (Å²) >= 11 is 0. The predicted octanol–water partition coefficient (Wildman–Crippen LogP) is 1.70. The molecule has 0 aliphatic heterocycles. The van der Waals surface area contributed by atoms with Crippen LogP contribution in [0.5, 0.6) is 0 Å². The van der Waals surface area contributed by atoms with Gasteiger partial charge in [-0.2, -0.15) is 5.10 Å². The zero-order valence-electron chi connectivity index (χ0n) is 13.0. The lowest BCUT2D eigenvalue weighted by Gasteiger charge is -2.20. The van der Waals surface area contributed by atoms with Crippen LogP contribution >= 0.6 is 0 Å². The third kappa shape index (κ3) is 2.75. The van der Waals surface area contributed by atoms with Crippen LogP contribution < -0.4 is 0 Å². The van der Waals surface area contributed by atoms with E-state index in [2.05, 4.69) is 20.1 Å². The Bertz CT molecular complexity index is 1050. The summed E-state index contributed by atoms with van der Waals surface area (Å²) in [6, 6.07) is 6.59. The highest BCUT2D eigenvalue weighted by Gasteiger charge is 2.21. The van der Waals surface area contributed by atoms with Gasteiger partial charge in [-0.1, -0.05) is 0 Å². The Balaban J connectivity index is 1.99. The normalized spacial score (nSPS) is 11.9. The highest BCUT2D eigenvalue weighted by atomic mass is 19.1. The first-order valence-corrected chi connectivity index (χ1v) is 7.44. The smallest absolute Gasteiger partial charge is 0.141 e. The molecule has 4 heterocycles. The Kier molecular flexibility index (Phi) is 3.52. The predicted molar refractivity (Wildman–Crippen MR) is 95.7 cm³/mol. The van der Waals surface area contributed by atoms with Gasteiger partial charge in [0.1, 0.15) is 17.2 Å². The van der Waals surface area contributed by atoms with E-state index in [1.807, 2.05) is 12.1 Å². The van der Waals surface area contributed by atoms with Crippen LogP contribution in [-0.4, -0.2) is 48.3 Å². The van der Waals surface area contributed by atoms with Gasteiger partial charge < -0.3 is 4.98 Å². The number of aromatic nitrogens is 5. The Morgan fingerprint density at radius 2 is 1.88 bits per heavy atom. The highest BCUT2D eigenvalue weighted by Crippen LogP contribution is 2.34. The molecule has 0 amide bonds. The minimum Gasteiger partial charge on any atom is -0.346 e. The highest BCUT2D eigenvalue weighted by molar-refractivity contribution is 6.56. The van der Waals surface area contributed by atoms with E-state index in [-0.39, 0.29) is 0 Å². The maximum atomic E-state index is 13.2. The van der Waals surface area contributed by atoms with E-state index < -0.39 is 11.1 Å². The molecule has 1 N–H and O–H groups in total. The number of pyridine rings is 2. The first-order valence-electron chi connectivity index (χ1n) is 7.44. The number of hydrogen-bond donors (Lipinski definition) is 1. The quantitative estimate of drug-likeness (QED) is 0.584. The standard InChI is InChI=1S/C16H9B3FN5/c17-16(18,19)25-8-12(10-3-5-21-15-11(10)4-6-22-15)14(24-25)13-2-1-9(20)7-23-13/h1-8H,(H,21,22). The molecular formula is C16H9B3FN5. The molecule has 25 heavy (non-hydrogen) atoms. The van der Waals surface area contributed by atoms with Crippen molar-refractivity contribution in [1.29, 1.82) is 0 Å². The zero-order chi connectivity index (χ0) is 17.6. The van der Waals surface area contributed by atoms with E-state index >= 15 is 0 Å². The summed E-state index contributed by atoms with van der Waals surface area (Å²) < 4.78 is 14.5. The van der Waals surface area contributed by atoms with E-state index in [1.54, 1.807) is 18.6 Å². The Hall–Kier alpha value is -2.83. The van der Waals surface area contributed by atoms with Crippen molar-refractivity contribution >= 4 is 34.6 Å². The number of H-pyrrole nitrogens is 1. The number of fused-ring (bicyclic) bond motifs is 1. The lowest BCUT2D eigenvalue weighted by molar-refractivity contribution is 0.621. The molecule has 4 aromatic heterocycles. The molecule has 0 bridgehead atoms. The first-order chi connectivity index (χ1) is 11.9. The van der Waals surface area contributed by atoms with Crippen molar-refractivity contribution in [2.75, 3.05) is 0 Å². The summed E-state index contributed by atoms with van der Waals surface area (Å²) in [5.74, 6) is -0.438. The second kappa shape index (κ2) is 5.62. The minimum atomic E-state index is -1.68. The Morgan fingerprint density at radius 3 is 2.60 bits per heavy atom. The number of nitrogens with one attached hydrogen (secondary N) is 1. The van der Waals surface area contributed by atoms with Crippen LogP contribution in [0.2, 0.25) is 0 Å². The fraction of sp³-hybridized carbons (Fsp3) is 0.0625. The van der Waals surface area contributed by atoms with Crippen LogP contribution in [-0.2, 0) is 5.24 Å². The molecule has 5 nitrogen and oxygen atoms in total. The lowest BCUT2D eigenvalue weighted by atomic mass is 9.49. The van der Waals surface area contributed by atoms with Crippen molar-refractivity contribution in [2.45, 2.75) is 5.24 Å². The molecule has 114 valence electrons. The lowest BCUT2D eigenvalue weighted by Crippen LogP contribution is -2.35.